The Morgan fingerprint density at radius 2 is 1.29 bits per heavy atom. The van der Waals surface area contributed by atoms with Gasteiger partial charge in [0.05, 0.1) is 22.3 Å². The molecular weight excluding hydrogens is 950 g/mol. The van der Waals surface area contributed by atoms with E-state index >= 15 is 0 Å². The first-order chi connectivity index (χ1) is 31.9. The zero-order chi connectivity index (χ0) is 47.4. The molecule has 9 aromatic rings. The predicted molar refractivity (Wildman–Crippen MR) is 259 cm³/mol. The zero-order valence-corrected chi connectivity index (χ0v) is 38.5. The van der Waals surface area contributed by atoms with E-state index in [0.29, 0.717) is 28.1 Å². The number of fused-ring (bicyclic) bond motifs is 1. The first-order valence-electron chi connectivity index (χ1n) is 23.7. The number of para-hydroxylation sites is 2. The molecule has 63 heavy (non-hydrogen) atoms. The van der Waals surface area contributed by atoms with E-state index in [1.54, 1.807) is 30.5 Å². The van der Waals surface area contributed by atoms with Gasteiger partial charge in [-0.25, -0.2) is 4.98 Å². The van der Waals surface area contributed by atoms with Gasteiger partial charge in [-0.1, -0.05) is 167 Å². The van der Waals surface area contributed by atoms with Crippen molar-refractivity contribution >= 4 is 11.0 Å². The monoisotopic (exact) mass is 1010 g/mol. The molecule has 0 spiro atoms. The Morgan fingerprint density at radius 3 is 2.02 bits per heavy atom. The Labute approximate surface area is 393 Å². The Hall–Kier alpha value is -6.35. The molecule has 1 N–H and O–H groups in total. The maximum atomic E-state index is 11.4. The molecule has 0 aliphatic rings. The summed E-state index contributed by atoms with van der Waals surface area (Å²) in [6, 6.07) is 54.6. The van der Waals surface area contributed by atoms with Gasteiger partial charge in [0.15, 0.2) is 0 Å². The molecule has 0 fully saturated rings. The van der Waals surface area contributed by atoms with Crippen molar-refractivity contribution in [2.45, 2.75) is 66.1 Å². The van der Waals surface area contributed by atoms with E-state index in [0.717, 1.165) is 72.5 Å². The van der Waals surface area contributed by atoms with E-state index in [1.807, 2.05) is 129 Å². The number of benzene rings is 7. The second kappa shape index (κ2) is 18.2. The number of hydrogen-bond acceptors (Lipinski definition) is 3. The van der Waals surface area contributed by atoms with Crippen molar-refractivity contribution in [1.29, 1.82) is 0 Å². The molecule has 9 rings (SSSR count). The summed E-state index contributed by atoms with van der Waals surface area (Å²) in [5, 5.41) is 11.4. The minimum Gasteiger partial charge on any atom is -0.507 e. The summed E-state index contributed by atoms with van der Waals surface area (Å²) in [4.78, 5) is 10.2. The van der Waals surface area contributed by atoms with Crippen LogP contribution in [0.4, 0.5) is 0 Å². The third-order valence-corrected chi connectivity index (χ3v) is 11.7. The molecule has 5 heteroatoms. The smallest absolute Gasteiger partial charge is 0.148 e. The number of aryl methyl sites for hydroxylation is 1. The Balaban J connectivity index is 0.00000625. The van der Waals surface area contributed by atoms with Crippen LogP contribution in [0.5, 0.6) is 5.75 Å². The van der Waals surface area contributed by atoms with Gasteiger partial charge in [-0.05, 0) is 111 Å². The first-order valence-corrected chi connectivity index (χ1v) is 21.2. The Bertz CT molecular complexity index is 3290. The summed E-state index contributed by atoms with van der Waals surface area (Å²) in [6.07, 6.45) is 1.81. The fourth-order valence-corrected chi connectivity index (χ4v) is 8.48. The maximum Gasteiger partial charge on any atom is 0.148 e. The number of rotatable bonds is 10. The quantitative estimate of drug-likeness (QED) is 0.139. The molecule has 0 atom stereocenters. The van der Waals surface area contributed by atoms with Gasteiger partial charge < -0.3 is 5.11 Å². The second-order valence-corrected chi connectivity index (χ2v) is 16.7. The van der Waals surface area contributed by atoms with Crippen molar-refractivity contribution in [2.75, 3.05) is 0 Å². The molecule has 0 aliphatic heterocycles. The van der Waals surface area contributed by atoms with Gasteiger partial charge in [0.25, 0.3) is 0 Å². The average Bonchev–Trinajstić information content (AvgIpc) is 3.70. The van der Waals surface area contributed by atoms with Gasteiger partial charge in [0.1, 0.15) is 11.6 Å². The van der Waals surface area contributed by atoms with Gasteiger partial charge in [-0.15, -0.1) is 23.8 Å². The minimum atomic E-state index is -2.56. The third kappa shape index (κ3) is 8.45. The number of nitrogens with zero attached hydrogens (tertiary/aromatic N) is 3. The zero-order valence-electron chi connectivity index (χ0n) is 41.3. The maximum absolute atomic E-state index is 11.4. The average molecular weight is 1010 g/mol. The van der Waals surface area contributed by atoms with Crippen molar-refractivity contribution in [3.05, 3.63) is 192 Å². The number of phenols is 1. The minimum absolute atomic E-state index is 0. The topological polar surface area (TPSA) is 50.9 Å². The van der Waals surface area contributed by atoms with Crippen LogP contribution in [-0.2, 0) is 21.1 Å². The molecule has 7 aromatic carbocycles. The van der Waals surface area contributed by atoms with Gasteiger partial charge in [0.2, 0.25) is 0 Å². The van der Waals surface area contributed by atoms with Crippen molar-refractivity contribution < 1.29 is 33.0 Å². The van der Waals surface area contributed by atoms with E-state index < -0.39 is 18.6 Å². The van der Waals surface area contributed by atoms with E-state index in [4.69, 9.17) is 16.8 Å². The summed E-state index contributed by atoms with van der Waals surface area (Å²) in [7, 11) is 0. The van der Waals surface area contributed by atoms with Gasteiger partial charge in [0, 0.05) is 39.8 Å². The van der Waals surface area contributed by atoms with Crippen LogP contribution in [0.2, 0.25) is 0 Å². The molecule has 0 amide bonds. The molecular formula is C58H52N3OPt-. The third-order valence-electron chi connectivity index (χ3n) is 11.7. The van der Waals surface area contributed by atoms with Crippen LogP contribution in [0, 0.1) is 12.9 Å². The molecule has 316 valence electrons. The fraction of sp³-hybridized carbons (Fsp3) is 0.172. The summed E-state index contributed by atoms with van der Waals surface area (Å²) >= 11 is 0. The van der Waals surface area contributed by atoms with Gasteiger partial charge in [-0.2, -0.15) is 0 Å². The molecule has 0 saturated carbocycles. The van der Waals surface area contributed by atoms with Crippen molar-refractivity contribution in [3.8, 4) is 78.6 Å². The van der Waals surface area contributed by atoms with Crippen LogP contribution in [0.15, 0.2) is 164 Å². The van der Waals surface area contributed by atoms with Crippen LogP contribution >= 0.6 is 0 Å². The van der Waals surface area contributed by atoms with Crippen LogP contribution in [0.25, 0.3) is 83.9 Å². The van der Waals surface area contributed by atoms with Gasteiger partial charge >= 0.3 is 0 Å². The normalized spacial score (nSPS) is 13.2. The number of phenolic OH excluding ortho intramolecular Hbond substituents is 1. The van der Waals surface area contributed by atoms with E-state index in [2.05, 4.69) is 56.3 Å². The fourth-order valence-electron chi connectivity index (χ4n) is 8.48. The molecule has 0 aliphatic carbocycles. The number of imidazole rings is 1. The molecule has 0 bridgehead atoms. The molecule has 0 saturated heterocycles. The number of aromatic nitrogens is 3. The van der Waals surface area contributed by atoms with E-state index in [9.17, 15) is 5.11 Å². The summed E-state index contributed by atoms with van der Waals surface area (Å²) in [5.41, 5.74) is 13.5. The number of hydrogen-bond donors (Lipinski definition) is 1. The summed E-state index contributed by atoms with van der Waals surface area (Å²) in [5.74, 6) is -1.16. The number of pyridine rings is 1. The van der Waals surface area contributed by atoms with Crippen molar-refractivity contribution in [3.63, 3.8) is 0 Å². The van der Waals surface area contributed by atoms with Crippen LogP contribution in [0.1, 0.15) is 88.4 Å². The Kier molecular flexibility index (Phi) is 10.7. The van der Waals surface area contributed by atoms with E-state index in [-0.39, 0.29) is 38.3 Å². The molecule has 0 radical (unpaired) electrons. The van der Waals surface area contributed by atoms with Crippen molar-refractivity contribution in [1.82, 2.24) is 14.5 Å². The molecule has 4 nitrogen and oxygen atoms in total. The van der Waals surface area contributed by atoms with Crippen LogP contribution in [-0.4, -0.2) is 19.6 Å². The molecule has 2 aromatic heterocycles. The number of aromatic hydroxyl groups is 1. The van der Waals surface area contributed by atoms with Crippen molar-refractivity contribution in [2.24, 2.45) is 0 Å². The van der Waals surface area contributed by atoms with Gasteiger partial charge in [-0.3, -0.25) is 9.55 Å². The molecule has 0 unspecified atom stereocenters. The van der Waals surface area contributed by atoms with E-state index in [1.165, 1.54) is 0 Å². The second-order valence-electron chi connectivity index (χ2n) is 16.7. The van der Waals surface area contributed by atoms with Crippen LogP contribution in [0.3, 0.4) is 0 Å². The summed E-state index contributed by atoms with van der Waals surface area (Å²) < 4.78 is 46.4. The SMILES string of the molecule is [2H]C([2H])([2H])c1cc(-c2c(C(C)C)cccc2C([2H])(C)C)ccc1-n1c(-c2ccccc2O)nc2c(-c3[c-]c(-c4cc(-c5ccc(C([2H])(C)C)cc5)ccn4)cc(-c4ccccc4)c3)cccc21.[Pt]. The van der Waals surface area contributed by atoms with Crippen LogP contribution < -0.4 is 0 Å². The summed E-state index contributed by atoms with van der Waals surface area (Å²) in [6.45, 7) is 9.13. The standard InChI is InChI=1S/C58H52N3O.Pt/c1-36(2)40-23-25-42(26-24-40)43-29-30-59-52(35-43)47-33-45(41-15-9-8-10-16-41)32-46(34-47)50-20-14-21-54-57(50)60-58(51-17-11-12-22-55(51)62)61(54)53-28-27-44(31-39(53)7)56-48(37(3)4)18-13-19-49(56)38(5)6;/h8-33,35-38,62H,1-7H3;/q-1;/i7D3,36D,37D;. The first kappa shape index (κ1) is 37.2. The predicted octanol–water partition coefficient (Wildman–Crippen LogP) is 15.6. The molecule has 2 heterocycles. The largest absolute Gasteiger partial charge is 0.507 e. The Morgan fingerprint density at radius 1 is 0.603 bits per heavy atom.